The predicted octanol–water partition coefficient (Wildman–Crippen LogP) is 1.53. The zero-order valence-corrected chi connectivity index (χ0v) is 7.63. The van der Waals surface area contributed by atoms with Crippen LogP contribution >= 0.6 is 0 Å². The summed E-state index contributed by atoms with van der Waals surface area (Å²) < 4.78 is 41.8. The van der Waals surface area contributed by atoms with Crippen molar-refractivity contribution >= 4 is 11.8 Å². The number of nitrogens with two attached hydrogens (primary N) is 1. The second-order valence-electron chi connectivity index (χ2n) is 2.59. The number of carbonyl (C=O) groups excluding carboxylic acids is 1. The van der Waals surface area contributed by atoms with E-state index >= 15 is 0 Å². The van der Waals surface area contributed by atoms with E-state index < -0.39 is 35.3 Å². The standard InChI is InChI=1S/C8H7F3N2O2/c1-15-8(14)5-3(6(10)11)2-4(9)7(12)13-5/h2,6H,1H3,(H2,12,13). The summed E-state index contributed by atoms with van der Waals surface area (Å²) in [5.74, 6) is -2.81. The minimum atomic E-state index is -3.03. The van der Waals surface area contributed by atoms with E-state index in [1.807, 2.05) is 0 Å². The number of nitrogen functional groups attached to an aromatic ring is 1. The molecule has 0 saturated carbocycles. The Bertz CT molecular complexity index is 396. The fourth-order valence-electron chi connectivity index (χ4n) is 0.944. The molecule has 7 heteroatoms. The van der Waals surface area contributed by atoms with Crippen molar-refractivity contribution < 1.29 is 22.7 Å². The molecule has 0 atom stereocenters. The number of hydrogen-bond acceptors (Lipinski definition) is 4. The average Bonchev–Trinajstić information content (AvgIpc) is 2.20. The number of methoxy groups -OCH3 is 1. The zero-order chi connectivity index (χ0) is 11.6. The van der Waals surface area contributed by atoms with Crippen molar-refractivity contribution in [2.45, 2.75) is 6.43 Å². The third-order valence-corrected chi connectivity index (χ3v) is 1.65. The molecule has 0 radical (unpaired) electrons. The minimum Gasteiger partial charge on any atom is -0.464 e. The first kappa shape index (κ1) is 11.3. The molecule has 0 aliphatic heterocycles. The first-order chi connectivity index (χ1) is 6.97. The third-order valence-electron chi connectivity index (χ3n) is 1.65. The number of ether oxygens (including phenoxy) is 1. The zero-order valence-electron chi connectivity index (χ0n) is 7.63. The van der Waals surface area contributed by atoms with Gasteiger partial charge in [-0.25, -0.2) is 22.9 Å². The number of carbonyl (C=O) groups is 1. The fourth-order valence-corrected chi connectivity index (χ4v) is 0.944. The molecular formula is C8H7F3N2O2. The van der Waals surface area contributed by atoms with Gasteiger partial charge in [0.25, 0.3) is 6.43 Å². The van der Waals surface area contributed by atoms with Crippen LogP contribution in [-0.4, -0.2) is 18.1 Å². The molecule has 1 aromatic rings. The number of halogens is 3. The van der Waals surface area contributed by atoms with Crippen LogP contribution in [0, 0.1) is 5.82 Å². The molecule has 0 unspecified atom stereocenters. The van der Waals surface area contributed by atoms with Crippen LogP contribution in [0.25, 0.3) is 0 Å². The number of aromatic nitrogens is 1. The molecular weight excluding hydrogens is 213 g/mol. The van der Waals surface area contributed by atoms with Crippen molar-refractivity contribution in [1.82, 2.24) is 4.98 Å². The summed E-state index contributed by atoms with van der Waals surface area (Å²) in [6.07, 6.45) is -3.03. The Labute approximate surface area is 82.9 Å². The summed E-state index contributed by atoms with van der Waals surface area (Å²) in [5, 5.41) is 0. The summed E-state index contributed by atoms with van der Waals surface area (Å²) in [4.78, 5) is 14.2. The molecule has 0 spiro atoms. The van der Waals surface area contributed by atoms with Crippen LogP contribution in [0.3, 0.4) is 0 Å². The molecule has 4 nitrogen and oxygen atoms in total. The summed E-state index contributed by atoms with van der Waals surface area (Å²) in [6.45, 7) is 0. The lowest BCUT2D eigenvalue weighted by Gasteiger charge is -2.07. The van der Waals surface area contributed by atoms with Gasteiger partial charge < -0.3 is 10.5 Å². The molecule has 0 aromatic carbocycles. The van der Waals surface area contributed by atoms with Crippen LogP contribution in [-0.2, 0) is 4.74 Å². The molecule has 2 N–H and O–H groups in total. The number of alkyl halides is 2. The van der Waals surface area contributed by atoms with Gasteiger partial charge in [0.2, 0.25) is 0 Å². The van der Waals surface area contributed by atoms with Gasteiger partial charge >= 0.3 is 5.97 Å². The van der Waals surface area contributed by atoms with E-state index in [1.165, 1.54) is 0 Å². The van der Waals surface area contributed by atoms with E-state index in [0.717, 1.165) is 7.11 Å². The second kappa shape index (κ2) is 4.16. The highest BCUT2D eigenvalue weighted by molar-refractivity contribution is 5.89. The van der Waals surface area contributed by atoms with Crippen LogP contribution < -0.4 is 5.73 Å². The maximum absolute atomic E-state index is 12.8. The Hall–Kier alpha value is -1.79. The highest BCUT2D eigenvalue weighted by Crippen LogP contribution is 2.24. The molecule has 1 heterocycles. The van der Waals surface area contributed by atoms with E-state index in [1.54, 1.807) is 0 Å². The molecule has 1 aromatic heterocycles. The minimum absolute atomic E-state index is 0.471. The SMILES string of the molecule is COC(=O)c1nc(N)c(F)cc1C(F)F. The number of nitrogens with zero attached hydrogens (tertiary/aromatic N) is 1. The van der Waals surface area contributed by atoms with Crippen molar-refractivity contribution in [3.05, 3.63) is 23.1 Å². The fraction of sp³-hybridized carbons (Fsp3) is 0.250. The summed E-state index contributed by atoms with van der Waals surface area (Å²) in [6, 6.07) is 0.471. The Kier molecular flexibility index (Phi) is 3.13. The molecule has 1 rings (SSSR count). The molecule has 0 fully saturated rings. The maximum atomic E-state index is 12.8. The van der Waals surface area contributed by atoms with Crippen molar-refractivity contribution in [2.75, 3.05) is 12.8 Å². The number of rotatable bonds is 2. The highest BCUT2D eigenvalue weighted by Gasteiger charge is 2.23. The van der Waals surface area contributed by atoms with Gasteiger partial charge in [0.05, 0.1) is 12.7 Å². The highest BCUT2D eigenvalue weighted by atomic mass is 19.3. The number of esters is 1. The van der Waals surface area contributed by atoms with Crippen molar-refractivity contribution in [3.63, 3.8) is 0 Å². The van der Waals surface area contributed by atoms with Gasteiger partial charge in [-0.05, 0) is 6.07 Å². The summed E-state index contributed by atoms with van der Waals surface area (Å²) in [7, 11) is 0.999. The van der Waals surface area contributed by atoms with Crippen LogP contribution in [0.15, 0.2) is 6.07 Å². The van der Waals surface area contributed by atoms with Crippen LogP contribution in [0.5, 0.6) is 0 Å². The average molecular weight is 220 g/mol. The molecule has 0 aliphatic carbocycles. The largest absolute Gasteiger partial charge is 0.464 e. The molecule has 0 bridgehead atoms. The van der Waals surface area contributed by atoms with Crippen molar-refractivity contribution in [3.8, 4) is 0 Å². The number of pyridine rings is 1. The second-order valence-corrected chi connectivity index (χ2v) is 2.59. The van der Waals surface area contributed by atoms with E-state index in [9.17, 15) is 18.0 Å². The summed E-state index contributed by atoms with van der Waals surface area (Å²) in [5.41, 5.74) is 3.53. The Morgan fingerprint density at radius 3 is 2.67 bits per heavy atom. The third kappa shape index (κ3) is 2.17. The van der Waals surface area contributed by atoms with E-state index in [4.69, 9.17) is 5.73 Å². The summed E-state index contributed by atoms with van der Waals surface area (Å²) >= 11 is 0. The van der Waals surface area contributed by atoms with Gasteiger partial charge in [0.15, 0.2) is 17.3 Å². The van der Waals surface area contributed by atoms with Gasteiger partial charge in [0.1, 0.15) is 0 Å². The lowest BCUT2D eigenvalue weighted by Crippen LogP contribution is -2.12. The Morgan fingerprint density at radius 1 is 1.60 bits per heavy atom. The van der Waals surface area contributed by atoms with Crippen molar-refractivity contribution in [1.29, 1.82) is 0 Å². The van der Waals surface area contributed by atoms with Gasteiger partial charge in [-0.1, -0.05) is 0 Å². The van der Waals surface area contributed by atoms with Gasteiger partial charge in [-0.2, -0.15) is 0 Å². The predicted molar refractivity (Wildman–Crippen MR) is 44.9 cm³/mol. The first-order valence-electron chi connectivity index (χ1n) is 3.79. The van der Waals surface area contributed by atoms with Gasteiger partial charge in [-0.3, -0.25) is 0 Å². The lowest BCUT2D eigenvalue weighted by molar-refractivity contribution is 0.0581. The van der Waals surface area contributed by atoms with E-state index in [0.29, 0.717) is 6.07 Å². The van der Waals surface area contributed by atoms with Crippen LogP contribution in [0.2, 0.25) is 0 Å². The van der Waals surface area contributed by atoms with Crippen LogP contribution in [0.4, 0.5) is 19.0 Å². The molecule has 0 amide bonds. The number of hydrogen-bond donors (Lipinski definition) is 1. The van der Waals surface area contributed by atoms with Crippen molar-refractivity contribution in [2.24, 2.45) is 0 Å². The molecule has 15 heavy (non-hydrogen) atoms. The van der Waals surface area contributed by atoms with E-state index in [2.05, 4.69) is 9.72 Å². The molecule has 82 valence electrons. The smallest absolute Gasteiger partial charge is 0.357 e. The maximum Gasteiger partial charge on any atom is 0.357 e. The monoisotopic (exact) mass is 220 g/mol. The Morgan fingerprint density at radius 2 is 2.20 bits per heavy atom. The Balaban J connectivity index is 3.34. The van der Waals surface area contributed by atoms with Crippen LogP contribution in [0.1, 0.15) is 22.5 Å². The normalized spacial score (nSPS) is 10.5. The topological polar surface area (TPSA) is 65.2 Å². The lowest BCUT2D eigenvalue weighted by atomic mass is 10.2. The van der Waals surface area contributed by atoms with Gasteiger partial charge in [-0.15, -0.1) is 0 Å². The van der Waals surface area contributed by atoms with Gasteiger partial charge in [0, 0.05) is 0 Å². The molecule has 0 saturated heterocycles. The van der Waals surface area contributed by atoms with E-state index in [-0.39, 0.29) is 0 Å². The number of anilines is 1. The first-order valence-corrected chi connectivity index (χ1v) is 3.79. The quantitative estimate of drug-likeness (QED) is 0.767. The molecule has 0 aliphatic rings.